The van der Waals surface area contributed by atoms with Crippen LogP contribution in [-0.2, 0) is 6.18 Å². The molecule has 0 unspecified atom stereocenters. The highest BCUT2D eigenvalue weighted by Gasteiger charge is 2.38. The lowest BCUT2D eigenvalue weighted by Gasteiger charge is -2.16. The third kappa shape index (κ3) is 5.22. The molecular weight excluding hydrogens is 496 g/mol. The fourth-order valence-electron chi connectivity index (χ4n) is 2.91. The molecule has 27 heavy (non-hydrogen) atoms. The molecule has 1 aromatic heterocycles. The van der Waals surface area contributed by atoms with E-state index in [1.165, 1.54) is 0 Å². The van der Waals surface area contributed by atoms with E-state index in [0.717, 1.165) is 35.5 Å². The highest BCUT2D eigenvalue weighted by atomic mass is 127. The molecule has 0 radical (unpaired) electrons. The molecule has 1 aliphatic rings. The van der Waals surface area contributed by atoms with Gasteiger partial charge in [-0.2, -0.15) is 13.2 Å². The van der Waals surface area contributed by atoms with E-state index in [1.807, 2.05) is 22.6 Å². The number of aromatic nitrogens is 2. The van der Waals surface area contributed by atoms with Crippen molar-refractivity contribution in [1.29, 1.82) is 0 Å². The first-order valence-electron chi connectivity index (χ1n) is 8.20. The summed E-state index contributed by atoms with van der Waals surface area (Å²) in [5, 5.41) is 5.75. The minimum Gasteiger partial charge on any atom is -0.349 e. The van der Waals surface area contributed by atoms with E-state index in [-0.39, 0.29) is 12.0 Å². The number of benzene rings is 1. The molecule has 2 aromatic rings. The van der Waals surface area contributed by atoms with Crippen molar-refractivity contribution < 1.29 is 18.0 Å². The van der Waals surface area contributed by atoms with Gasteiger partial charge >= 0.3 is 6.18 Å². The van der Waals surface area contributed by atoms with Gasteiger partial charge in [0, 0.05) is 26.5 Å². The second-order valence-electron chi connectivity index (χ2n) is 6.19. The molecule has 1 heterocycles. The van der Waals surface area contributed by atoms with Crippen LogP contribution in [0, 0.1) is 3.57 Å². The molecule has 1 saturated carbocycles. The van der Waals surface area contributed by atoms with E-state index in [9.17, 15) is 18.0 Å². The van der Waals surface area contributed by atoms with Crippen LogP contribution in [0.1, 0.15) is 41.7 Å². The maximum Gasteiger partial charge on any atom is 0.434 e. The number of carbonyl (C=O) groups is 1. The molecule has 3 rings (SSSR count). The zero-order valence-corrected chi connectivity index (χ0v) is 16.8. The molecule has 0 saturated heterocycles. The standard InChI is InChI=1S/C17H15ClF3IN4O/c18-9-5-10(22)7-12(6-9)25-16-23-8-13(14(26-16)17(19,20)21)15(27)24-11-3-1-2-4-11/h5-8,11H,1-4H2,(H,24,27)(H,23,25,26). The minimum atomic E-state index is -4.79. The summed E-state index contributed by atoms with van der Waals surface area (Å²) in [5.74, 6) is -1.07. The number of alkyl halides is 3. The first-order valence-corrected chi connectivity index (χ1v) is 9.66. The molecule has 144 valence electrons. The highest BCUT2D eigenvalue weighted by molar-refractivity contribution is 14.1. The molecule has 1 aliphatic carbocycles. The highest BCUT2D eigenvalue weighted by Crippen LogP contribution is 2.32. The minimum absolute atomic E-state index is 0.107. The van der Waals surface area contributed by atoms with Crippen molar-refractivity contribution in [3.05, 3.63) is 44.2 Å². The van der Waals surface area contributed by atoms with Crippen LogP contribution in [0.25, 0.3) is 0 Å². The van der Waals surface area contributed by atoms with E-state index in [4.69, 9.17) is 11.6 Å². The van der Waals surface area contributed by atoms with Crippen LogP contribution >= 0.6 is 34.2 Å². The fraction of sp³-hybridized carbons (Fsp3) is 0.353. The quantitative estimate of drug-likeness (QED) is 0.557. The molecule has 1 aromatic carbocycles. The van der Waals surface area contributed by atoms with Gasteiger partial charge in [-0.25, -0.2) is 9.97 Å². The molecule has 0 atom stereocenters. The zero-order chi connectivity index (χ0) is 19.6. The summed E-state index contributed by atoms with van der Waals surface area (Å²) in [6.07, 6.45) is -0.450. The third-order valence-electron chi connectivity index (χ3n) is 4.11. The maximum atomic E-state index is 13.4. The van der Waals surface area contributed by atoms with Crippen molar-refractivity contribution in [2.24, 2.45) is 0 Å². The van der Waals surface area contributed by atoms with E-state index < -0.39 is 23.3 Å². The summed E-state index contributed by atoms with van der Waals surface area (Å²) >= 11 is 7.98. The van der Waals surface area contributed by atoms with Gasteiger partial charge in [-0.1, -0.05) is 24.4 Å². The number of anilines is 2. The smallest absolute Gasteiger partial charge is 0.349 e. The lowest BCUT2D eigenvalue weighted by molar-refractivity contribution is -0.141. The first kappa shape index (κ1) is 20.1. The number of amides is 1. The van der Waals surface area contributed by atoms with Gasteiger partial charge < -0.3 is 10.6 Å². The second-order valence-corrected chi connectivity index (χ2v) is 7.87. The Morgan fingerprint density at radius 3 is 2.56 bits per heavy atom. The molecule has 0 bridgehead atoms. The SMILES string of the molecule is O=C(NC1CCCC1)c1cnc(Nc2cc(Cl)cc(I)c2)nc1C(F)(F)F. The number of rotatable bonds is 4. The summed E-state index contributed by atoms with van der Waals surface area (Å²) in [5.41, 5.74) is -1.41. The number of nitrogens with zero attached hydrogens (tertiary/aromatic N) is 2. The monoisotopic (exact) mass is 510 g/mol. The molecule has 1 amide bonds. The molecule has 0 spiro atoms. The molecule has 1 fully saturated rings. The lowest BCUT2D eigenvalue weighted by atomic mass is 10.1. The zero-order valence-electron chi connectivity index (χ0n) is 13.9. The summed E-state index contributed by atoms with van der Waals surface area (Å²) in [7, 11) is 0. The van der Waals surface area contributed by atoms with E-state index in [0.29, 0.717) is 10.7 Å². The Labute approximate surface area is 172 Å². The Hall–Kier alpha value is -1.62. The van der Waals surface area contributed by atoms with Gasteiger partial charge in [0.1, 0.15) is 0 Å². The van der Waals surface area contributed by atoms with Crippen molar-refractivity contribution in [3.8, 4) is 0 Å². The Balaban J connectivity index is 1.88. The van der Waals surface area contributed by atoms with Gasteiger partial charge in [0.2, 0.25) is 5.95 Å². The van der Waals surface area contributed by atoms with Gasteiger partial charge in [0.05, 0.1) is 5.56 Å². The van der Waals surface area contributed by atoms with Crippen LogP contribution in [0.3, 0.4) is 0 Å². The van der Waals surface area contributed by atoms with Gasteiger partial charge in [-0.15, -0.1) is 0 Å². The Morgan fingerprint density at radius 2 is 1.93 bits per heavy atom. The van der Waals surface area contributed by atoms with Gasteiger partial charge in [-0.05, 0) is 53.6 Å². The predicted molar refractivity (Wildman–Crippen MR) is 104 cm³/mol. The number of hydrogen-bond donors (Lipinski definition) is 2. The lowest BCUT2D eigenvalue weighted by Crippen LogP contribution is -2.34. The average Bonchev–Trinajstić information content (AvgIpc) is 3.06. The van der Waals surface area contributed by atoms with Crippen LogP contribution in [0.4, 0.5) is 24.8 Å². The molecule has 5 nitrogen and oxygen atoms in total. The molecule has 0 aliphatic heterocycles. The number of nitrogens with one attached hydrogen (secondary N) is 2. The van der Waals surface area contributed by atoms with Crippen molar-refractivity contribution in [2.75, 3.05) is 5.32 Å². The van der Waals surface area contributed by atoms with Gasteiger partial charge in [0.25, 0.3) is 5.91 Å². The maximum absolute atomic E-state index is 13.4. The van der Waals surface area contributed by atoms with Gasteiger partial charge in [0.15, 0.2) is 5.69 Å². The fourth-order valence-corrected chi connectivity index (χ4v) is 4.00. The predicted octanol–water partition coefficient (Wildman–Crippen LogP) is 5.17. The van der Waals surface area contributed by atoms with E-state index in [1.54, 1.807) is 18.2 Å². The molecule has 10 heteroatoms. The normalized spacial score (nSPS) is 15.0. The van der Waals surface area contributed by atoms with Crippen molar-refractivity contribution in [1.82, 2.24) is 15.3 Å². The van der Waals surface area contributed by atoms with Crippen molar-refractivity contribution in [3.63, 3.8) is 0 Å². The van der Waals surface area contributed by atoms with Gasteiger partial charge in [-0.3, -0.25) is 4.79 Å². The van der Waals surface area contributed by atoms with Crippen LogP contribution in [-0.4, -0.2) is 21.9 Å². The number of halogens is 5. The van der Waals surface area contributed by atoms with Crippen LogP contribution < -0.4 is 10.6 Å². The molecular formula is C17H15ClF3IN4O. The molecule has 2 N–H and O–H groups in total. The van der Waals surface area contributed by atoms with Crippen LogP contribution in [0.5, 0.6) is 0 Å². The topological polar surface area (TPSA) is 66.9 Å². The number of carbonyl (C=O) groups excluding carboxylic acids is 1. The first-order chi connectivity index (χ1) is 12.7. The summed E-state index contributed by atoms with van der Waals surface area (Å²) < 4.78 is 41.1. The average molecular weight is 511 g/mol. The van der Waals surface area contributed by atoms with Crippen LogP contribution in [0.15, 0.2) is 24.4 Å². The van der Waals surface area contributed by atoms with E-state index in [2.05, 4.69) is 20.6 Å². The summed E-state index contributed by atoms with van der Waals surface area (Å²) in [6, 6.07) is 4.82. The Kier molecular flexibility index (Phi) is 6.09. The van der Waals surface area contributed by atoms with Crippen LogP contribution in [0.2, 0.25) is 5.02 Å². The summed E-state index contributed by atoms with van der Waals surface area (Å²) in [4.78, 5) is 19.7. The third-order valence-corrected chi connectivity index (χ3v) is 4.95. The summed E-state index contributed by atoms with van der Waals surface area (Å²) in [6.45, 7) is 0. The second kappa shape index (κ2) is 8.17. The van der Waals surface area contributed by atoms with Crippen molar-refractivity contribution in [2.45, 2.75) is 37.9 Å². The Bertz CT molecular complexity index is 836. The largest absolute Gasteiger partial charge is 0.434 e. The van der Waals surface area contributed by atoms with E-state index >= 15 is 0 Å². The number of hydrogen-bond acceptors (Lipinski definition) is 4. The van der Waals surface area contributed by atoms with Crippen molar-refractivity contribution >= 4 is 51.7 Å². The Morgan fingerprint density at radius 1 is 1.22 bits per heavy atom.